The fourth-order valence-electron chi connectivity index (χ4n) is 3.43. The third-order valence-corrected chi connectivity index (χ3v) is 6.35. The van der Waals surface area contributed by atoms with Crippen LogP contribution in [0.3, 0.4) is 0 Å². The molecule has 0 atom stereocenters. The summed E-state index contributed by atoms with van der Waals surface area (Å²) in [4.78, 5) is 4.41. The van der Waals surface area contributed by atoms with Crippen LogP contribution in [0.1, 0.15) is 42.9 Å². The first-order valence-corrected chi connectivity index (χ1v) is 10.9. The Bertz CT molecular complexity index is 1330. The first-order chi connectivity index (χ1) is 14.2. The zero-order valence-electron chi connectivity index (χ0n) is 17.3. The second-order valence-electron chi connectivity index (χ2n) is 7.24. The van der Waals surface area contributed by atoms with E-state index in [2.05, 4.69) is 30.2 Å². The molecule has 0 radical (unpaired) electrons. The minimum Gasteiger partial charge on any atom is -0.334 e. The van der Waals surface area contributed by atoms with Crippen LogP contribution in [0.25, 0.3) is 17.1 Å². The molecule has 0 unspecified atom stereocenters. The van der Waals surface area contributed by atoms with Gasteiger partial charge in [-0.25, -0.2) is 13.1 Å². The van der Waals surface area contributed by atoms with E-state index >= 15 is 0 Å². The van der Waals surface area contributed by atoms with Gasteiger partial charge in [0.05, 0.1) is 23.5 Å². The molecule has 0 amide bonds. The van der Waals surface area contributed by atoms with Gasteiger partial charge in [-0.2, -0.15) is 10.1 Å². The van der Waals surface area contributed by atoms with E-state index in [4.69, 9.17) is 4.52 Å². The highest BCUT2D eigenvalue weighted by molar-refractivity contribution is 7.89. The van der Waals surface area contributed by atoms with Crippen molar-refractivity contribution >= 4 is 15.7 Å². The van der Waals surface area contributed by atoms with Crippen molar-refractivity contribution in [2.75, 3.05) is 0 Å². The van der Waals surface area contributed by atoms with E-state index in [0.717, 1.165) is 0 Å². The molecule has 4 aromatic rings. The van der Waals surface area contributed by atoms with Gasteiger partial charge in [0.15, 0.2) is 17.3 Å². The van der Waals surface area contributed by atoms with Gasteiger partial charge in [-0.1, -0.05) is 5.16 Å². The van der Waals surface area contributed by atoms with E-state index in [1.165, 1.54) is 0 Å². The fourth-order valence-corrected chi connectivity index (χ4v) is 4.80. The summed E-state index contributed by atoms with van der Waals surface area (Å²) in [5, 5.41) is 16.5. The number of nitrogens with one attached hydrogen (secondary N) is 1. The van der Waals surface area contributed by atoms with Crippen molar-refractivity contribution in [1.29, 1.82) is 0 Å². The van der Waals surface area contributed by atoms with Crippen LogP contribution < -0.4 is 4.72 Å². The normalized spacial score (nSPS) is 12.3. The summed E-state index contributed by atoms with van der Waals surface area (Å²) in [5.41, 5.74) is 2.16. The molecule has 30 heavy (non-hydrogen) atoms. The molecule has 0 aliphatic carbocycles. The fraction of sp³-hybridized carbons (Fsp3) is 0.389. The minimum atomic E-state index is -3.79. The topological polar surface area (TPSA) is 133 Å². The second-order valence-corrected chi connectivity index (χ2v) is 8.95. The summed E-state index contributed by atoms with van der Waals surface area (Å²) < 4.78 is 37.2. The maximum Gasteiger partial charge on any atom is 0.261 e. The summed E-state index contributed by atoms with van der Waals surface area (Å²) in [7, 11) is -3.79. The summed E-state index contributed by atoms with van der Waals surface area (Å²) in [6, 6.07) is 3.63. The lowest BCUT2D eigenvalue weighted by molar-refractivity contribution is 0.426. The Morgan fingerprint density at radius 3 is 2.60 bits per heavy atom. The second kappa shape index (κ2) is 7.29. The Labute approximate surface area is 173 Å². The molecule has 0 aromatic carbocycles. The lowest BCUT2D eigenvalue weighted by Crippen LogP contribution is -2.25. The molecule has 11 nitrogen and oxygen atoms in total. The molecule has 1 N–H and O–H groups in total. The van der Waals surface area contributed by atoms with Crippen LogP contribution in [0.4, 0.5) is 0 Å². The highest BCUT2D eigenvalue weighted by atomic mass is 32.2. The van der Waals surface area contributed by atoms with E-state index in [1.54, 1.807) is 48.2 Å². The van der Waals surface area contributed by atoms with Crippen molar-refractivity contribution in [2.45, 2.75) is 52.1 Å². The van der Waals surface area contributed by atoms with Crippen molar-refractivity contribution in [3.8, 4) is 11.5 Å². The van der Waals surface area contributed by atoms with E-state index in [9.17, 15) is 8.42 Å². The molecule has 0 bridgehead atoms. The van der Waals surface area contributed by atoms with Gasteiger partial charge in [-0.3, -0.25) is 9.08 Å². The van der Waals surface area contributed by atoms with Gasteiger partial charge < -0.3 is 4.52 Å². The van der Waals surface area contributed by atoms with Gasteiger partial charge in [-0.15, -0.1) is 10.2 Å². The van der Waals surface area contributed by atoms with Gasteiger partial charge in [-0.05, 0) is 46.8 Å². The number of nitrogens with zero attached hydrogens (tertiary/aromatic N) is 7. The molecule has 158 valence electrons. The molecular weight excluding hydrogens is 408 g/mol. The van der Waals surface area contributed by atoms with E-state index in [1.807, 2.05) is 13.8 Å². The molecule has 4 rings (SSSR count). The number of hydrogen-bond acceptors (Lipinski definition) is 8. The maximum atomic E-state index is 13.0. The Kier molecular flexibility index (Phi) is 4.90. The number of fused-ring (bicyclic) bond motifs is 1. The third-order valence-electron chi connectivity index (χ3n) is 4.70. The Morgan fingerprint density at radius 2 is 1.97 bits per heavy atom. The van der Waals surface area contributed by atoms with E-state index in [-0.39, 0.29) is 17.5 Å². The SMILES string of the molecule is Cc1noc(-c2cccn3c(CNS(=O)(=O)c4c(C)nn(C(C)C)c4C)nnc23)n1. The molecule has 0 saturated heterocycles. The van der Waals surface area contributed by atoms with Crippen LogP contribution in [-0.4, -0.2) is 42.9 Å². The minimum absolute atomic E-state index is 0.0401. The Morgan fingerprint density at radius 1 is 1.20 bits per heavy atom. The van der Waals surface area contributed by atoms with Crippen LogP contribution >= 0.6 is 0 Å². The summed E-state index contributed by atoms with van der Waals surface area (Å²) in [6.45, 7) is 9.03. The molecule has 12 heteroatoms. The van der Waals surface area contributed by atoms with Gasteiger partial charge in [0, 0.05) is 12.2 Å². The van der Waals surface area contributed by atoms with Gasteiger partial charge in [0.2, 0.25) is 10.0 Å². The molecule has 0 saturated carbocycles. The average molecular weight is 430 g/mol. The van der Waals surface area contributed by atoms with Crippen LogP contribution in [0.2, 0.25) is 0 Å². The van der Waals surface area contributed by atoms with Gasteiger partial charge >= 0.3 is 0 Å². The summed E-state index contributed by atoms with van der Waals surface area (Å²) >= 11 is 0. The van der Waals surface area contributed by atoms with Crippen LogP contribution in [-0.2, 0) is 16.6 Å². The van der Waals surface area contributed by atoms with Crippen LogP contribution in [0, 0.1) is 20.8 Å². The van der Waals surface area contributed by atoms with Gasteiger partial charge in [0.1, 0.15) is 4.90 Å². The smallest absolute Gasteiger partial charge is 0.261 e. The average Bonchev–Trinajstić information content (AvgIpc) is 3.37. The van der Waals surface area contributed by atoms with E-state index < -0.39 is 10.0 Å². The predicted octanol–water partition coefficient (Wildman–Crippen LogP) is 1.96. The number of rotatable bonds is 6. The summed E-state index contributed by atoms with van der Waals surface area (Å²) in [5.74, 6) is 1.26. The predicted molar refractivity (Wildman–Crippen MR) is 107 cm³/mol. The first kappa shape index (κ1) is 20.2. The zero-order chi connectivity index (χ0) is 21.6. The quantitative estimate of drug-likeness (QED) is 0.491. The molecule has 0 spiro atoms. The van der Waals surface area contributed by atoms with Crippen molar-refractivity contribution in [3.05, 3.63) is 41.4 Å². The van der Waals surface area contributed by atoms with Crippen molar-refractivity contribution < 1.29 is 12.9 Å². The first-order valence-electron chi connectivity index (χ1n) is 9.37. The molecule has 0 fully saturated rings. The molecule has 0 aliphatic heterocycles. The molecule has 4 heterocycles. The lowest BCUT2D eigenvalue weighted by atomic mass is 10.2. The Hall–Kier alpha value is -3.12. The zero-order valence-corrected chi connectivity index (χ0v) is 18.1. The number of aromatic nitrogens is 7. The van der Waals surface area contributed by atoms with Crippen LogP contribution in [0.5, 0.6) is 0 Å². The molecule has 4 aromatic heterocycles. The maximum absolute atomic E-state index is 13.0. The van der Waals surface area contributed by atoms with Gasteiger partial charge in [0.25, 0.3) is 5.89 Å². The van der Waals surface area contributed by atoms with Crippen molar-refractivity contribution in [1.82, 2.24) is 39.2 Å². The van der Waals surface area contributed by atoms with Crippen molar-refractivity contribution in [2.24, 2.45) is 0 Å². The Balaban J connectivity index is 1.65. The molecule has 0 aliphatic rings. The monoisotopic (exact) mass is 430 g/mol. The van der Waals surface area contributed by atoms with Crippen molar-refractivity contribution in [3.63, 3.8) is 0 Å². The number of hydrogen-bond donors (Lipinski definition) is 1. The number of sulfonamides is 1. The van der Waals surface area contributed by atoms with Crippen LogP contribution in [0.15, 0.2) is 27.7 Å². The number of aryl methyl sites for hydroxylation is 2. The largest absolute Gasteiger partial charge is 0.334 e. The van der Waals surface area contributed by atoms with E-state index in [0.29, 0.717) is 40.1 Å². The highest BCUT2D eigenvalue weighted by Crippen LogP contribution is 2.24. The lowest BCUT2D eigenvalue weighted by Gasteiger charge is -2.09. The summed E-state index contributed by atoms with van der Waals surface area (Å²) in [6.07, 6.45) is 1.75. The highest BCUT2D eigenvalue weighted by Gasteiger charge is 2.26. The standard InChI is InChI=1S/C18H22N8O3S/c1-10(2)26-12(4)16(11(3)23-26)30(27,28)19-9-15-21-22-17-14(7-6-8-25(15)17)18-20-13(5)24-29-18/h6-8,10,19H,9H2,1-5H3. The third kappa shape index (κ3) is 3.37. The molecular formula is C18H22N8O3S. The number of pyridine rings is 1.